The molecule has 1 fully saturated rings. The van der Waals surface area contributed by atoms with Gasteiger partial charge in [0.05, 0.1) is 6.04 Å². The Hall–Kier alpha value is -0.570. The summed E-state index contributed by atoms with van der Waals surface area (Å²) in [6.07, 6.45) is 0.734. The third-order valence-corrected chi connectivity index (χ3v) is 3.06. The topological polar surface area (TPSA) is 46.3 Å². The molecule has 0 aromatic carbocycles. The van der Waals surface area contributed by atoms with Gasteiger partial charge in [-0.3, -0.25) is 4.79 Å². The van der Waals surface area contributed by atoms with Gasteiger partial charge in [0.2, 0.25) is 5.91 Å². The summed E-state index contributed by atoms with van der Waals surface area (Å²) in [5.41, 5.74) is 5.70. The number of hydrogen-bond acceptors (Lipinski definition) is 2. The second-order valence-corrected chi connectivity index (χ2v) is 4.21. The zero-order chi connectivity index (χ0) is 10.0. The van der Waals surface area contributed by atoms with Crippen LogP contribution in [0.25, 0.3) is 0 Å². The lowest BCUT2D eigenvalue weighted by atomic mass is 10.0. The number of likely N-dealkylation sites (tertiary alicyclic amines) is 1. The van der Waals surface area contributed by atoms with Gasteiger partial charge >= 0.3 is 0 Å². The molecule has 13 heavy (non-hydrogen) atoms. The third-order valence-electron chi connectivity index (χ3n) is 3.06. The molecule has 3 nitrogen and oxygen atoms in total. The average molecular weight is 184 g/mol. The summed E-state index contributed by atoms with van der Waals surface area (Å²) in [7, 11) is 0. The van der Waals surface area contributed by atoms with Gasteiger partial charge in [-0.25, -0.2) is 0 Å². The van der Waals surface area contributed by atoms with Crippen LogP contribution in [-0.2, 0) is 4.79 Å². The van der Waals surface area contributed by atoms with E-state index in [0.29, 0.717) is 11.8 Å². The summed E-state index contributed by atoms with van der Waals surface area (Å²) in [6.45, 7) is 8.09. The predicted molar refractivity (Wildman–Crippen MR) is 53.2 cm³/mol. The van der Waals surface area contributed by atoms with Crippen LogP contribution < -0.4 is 5.73 Å². The van der Waals surface area contributed by atoms with Crippen LogP contribution in [0, 0.1) is 11.8 Å². The van der Waals surface area contributed by atoms with E-state index in [4.69, 9.17) is 5.73 Å². The molecule has 2 N–H and O–H groups in total. The fourth-order valence-electron chi connectivity index (χ4n) is 1.72. The van der Waals surface area contributed by atoms with Crippen molar-refractivity contribution in [3.05, 3.63) is 0 Å². The maximum absolute atomic E-state index is 11.7. The molecule has 1 amide bonds. The van der Waals surface area contributed by atoms with Crippen LogP contribution in [0.5, 0.6) is 0 Å². The summed E-state index contributed by atoms with van der Waals surface area (Å²) in [4.78, 5) is 13.6. The number of hydrogen-bond donors (Lipinski definition) is 1. The Bertz CT molecular complexity index is 183. The molecule has 3 heteroatoms. The van der Waals surface area contributed by atoms with Gasteiger partial charge in [-0.05, 0) is 18.3 Å². The lowest BCUT2D eigenvalue weighted by Gasteiger charge is -2.19. The van der Waals surface area contributed by atoms with E-state index in [-0.39, 0.29) is 11.9 Å². The standard InChI is InChI=1S/C10H20N2O/c1-4-9(11)10(13)12-5-7(2)8(3)6-12/h7-9H,4-6,11H2,1-3H3/t7?,8?,9-/m0/s1. The van der Waals surface area contributed by atoms with Crippen molar-refractivity contribution in [2.75, 3.05) is 13.1 Å². The Kier molecular flexibility index (Phi) is 3.31. The van der Waals surface area contributed by atoms with E-state index in [1.807, 2.05) is 11.8 Å². The lowest BCUT2D eigenvalue weighted by Crippen LogP contribution is -2.42. The smallest absolute Gasteiger partial charge is 0.239 e. The average Bonchev–Trinajstić information content (AvgIpc) is 2.44. The maximum Gasteiger partial charge on any atom is 0.239 e. The number of nitrogens with two attached hydrogens (primary N) is 1. The van der Waals surface area contributed by atoms with Crippen molar-refractivity contribution in [3.8, 4) is 0 Å². The molecule has 0 spiro atoms. The van der Waals surface area contributed by atoms with Crippen molar-refractivity contribution < 1.29 is 4.79 Å². The minimum Gasteiger partial charge on any atom is -0.341 e. The van der Waals surface area contributed by atoms with Crippen LogP contribution in [0.4, 0.5) is 0 Å². The molecule has 0 bridgehead atoms. The van der Waals surface area contributed by atoms with E-state index >= 15 is 0 Å². The van der Waals surface area contributed by atoms with Crippen LogP contribution in [0.2, 0.25) is 0 Å². The Morgan fingerprint density at radius 2 is 1.92 bits per heavy atom. The van der Waals surface area contributed by atoms with Crippen LogP contribution in [0.1, 0.15) is 27.2 Å². The molecule has 0 aromatic rings. The van der Waals surface area contributed by atoms with Gasteiger partial charge in [0.1, 0.15) is 0 Å². The summed E-state index contributed by atoms with van der Waals surface area (Å²) in [5.74, 6) is 1.36. The molecule has 3 atom stereocenters. The molecule has 1 heterocycles. The predicted octanol–water partition coefficient (Wildman–Crippen LogP) is 0.838. The molecule has 2 unspecified atom stereocenters. The van der Waals surface area contributed by atoms with Gasteiger partial charge in [-0.1, -0.05) is 20.8 Å². The Morgan fingerprint density at radius 1 is 1.46 bits per heavy atom. The third kappa shape index (κ3) is 2.21. The quantitative estimate of drug-likeness (QED) is 0.691. The van der Waals surface area contributed by atoms with Crippen LogP contribution in [0.3, 0.4) is 0 Å². The van der Waals surface area contributed by atoms with Crippen LogP contribution in [0.15, 0.2) is 0 Å². The summed E-state index contributed by atoms with van der Waals surface area (Å²) >= 11 is 0. The summed E-state index contributed by atoms with van der Waals surface area (Å²) in [5, 5.41) is 0. The van der Waals surface area contributed by atoms with Gasteiger partial charge in [-0.15, -0.1) is 0 Å². The van der Waals surface area contributed by atoms with Gasteiger partial charge in [-0.2, -0.15) is 0 Å². The van der Waals surface area contributed by atoms with Gasteiger partial charge in [0.25, 0.3) is 0 Å². The Balaban J connectivity index is 2.50. The summed E-state index contributed by atoms with van der Waals surface area (Å²) < 4.78 is 0. The SMILES string of the molecule is CC[C@H](N)C(=O)N1CC(C)C(C)C1. The first kappa shape index (κ1) is 10.5. The molecule has 0 aliphatic carbocycles. The first-order valence-electron chi connectivity index (χ1n) is 5.10. The molecule has 0 saturated carbocycles. The number of carbonyl (C=O) groups excluding carboxylic acids is 1. The molecule has 0 radical (unpaired) electrons. The maximum atomic E-state index is 11.7. The molecule has 1 aliphatic heterocycles. The highest BCUT2D eigenvalue weighted by atomic mass is 16.2. The molecule has 1 saturated heterocycles. The minimum atomic E-state index is -0.294. The zero-order valence-corrected chi connectivity index (χ0v) is 8.79. The molecule has 1 aliphatic rings. The van der Waals surface area contributed by atoms with Crippen molar-refractivity contribution in [2.24, 2.45) is 17.6 Å². The van der Waals surface area contributed by atoms with Crippen molar-refractivity contribution >= 4 is 5.91 Å². The minimum absolute atomic E-state index is 0.124. The Labute approximate surface area is 80.3 Å². The summed E-state index contributed by atoms with van der Waals surface area (Å²) in [6, 6.07) is -0.294. The van der Waals surface area contributed by atoms with Gasteiger partial charge in [0.15, 0.2) is 0 Å². The molecule has 0 aromatic heterocycles. The van der Waals surface area contributed by atoms with Crippen molar-refractivity contribution in [1.29, 1.82) is 0 Å². The van der Waals surface area contributed by atoms with E-state index in [2.05, 4.69) is 13.8 Å². The van der Waals surface area contributed by atoms with Crippen LogP contribution >= 0.6 is 0 Å². The second-order valence-electron chi connectivity index (χ2n) is 4.21. The van der Waals surface area contributed by atoms with Gasteiger partial charge in [0, 0.05) is 13.1 Å². The molecule has 1 rings (SSSR count). The first-order valence-corrected chi connectivity index (χ1v) is 5.10. The van der Waals surface area contributed by atoms with Crippen LogP contribution in [-0.4, -0.2) is 29.9 Å². The van der Waals surface area contributed by atoms with E-state index in [1.165, 1.54) is 0 Å². The monoisotopic (exact) mass is 184 g/mol. The number of rotatable bonds is 2. The molecular formula is C10H20N2O. The number of amides is 1. The van der Waals surface area contributed by atoms with E-state index < -0.39 is 0 Å². The Morgan fingerprint density at radius 3 is 2.31 bits per heavy atom. The van der Waals surface area contributed by atoms with Crippen molar-refractivity contribution in [3.63, 3.8) is 0 Å². The normalized spacial score (nSPS) is 30.6. The highest BCUT2D eigenvalue weighted by molar-refractivity contribution is 5.81. The first-order chi connectivity index (χ1) is 6.06. The van der Waals surface area contributed by atoms with E-state index in [9.17, 15) is 4.79 Å². The fraction of sp³-hybridized carbons (Fsp3) is 0.900. The van der Waals surface area contributed by atoms with Crippen molar-refractivity contribution in [1.82, 2.24) is 4.90 Å². The largest absolute Gasteiger partial charge is 0.341 e. The number of nitrogens with zero attached hydrogens (tertiary/aromatic N) is 1. The molecular weight excluding hydrogens is 164 g/mol. The lowest BCUT2D eigenvalue weighted by molar-refractivity contribution is -0.131. The highest BCUT2D eigenvalue weighted by Gasteiger charge is 2.30. The van der Waals surface area contributed by atoms with Gasteiger partial charge < -0.3 is 10.6 Å². The number of carbonyl (C=O) groups is 1. The highest BCUT2D eigenvalue weighted by Crippen LogP contribution is 2.22. The molecule has 76 valence electrons. The second kappa shape index (κ2) is 4.09. The zero-order valence-electron chi connectivity index (χ0n) is 8.79. The van der Waals surface area contributed by atoms with E-state index in [1.54, 1.807) is 0 Å². The van der Waals surface area contributed by atoms with E-state index in [0.717, 1.165) is 19.5 Å². The van der Waals surface area contributed by atoms with Crippen molar-refractivity contribution in [2.45, 2.75) is 33.2 Å². The fourth-order valence-corrected chi connectivity index (χ4v) is 1.72.